The summed E-state index contributed by atoms with van der Waals surface area (Å²) in [6.45, 7) is 3.43. The number of para-hydroxylation sites is 1. The second kappa shape index (κ2) is 14.7. The zero-order chi connectivity index (χ0) is 30.9. The van der Waals surface area contributed by atoms with Crippen LogP contribution in [0, 0.1) is 18.8 Å². The fraction of sp³-hybridized carbons (Fsp3) is 0.258. The van der Waals surface area contributed by atoms with Crippen molar-refractivity contribution >= 4 is 69.1 Å². The molecule has 4 N–H and O–H groups in total. The third-order valence-corrected chi connectivity index (χ3v) is 8.87. The van der Waals surface area contributed by atoms with Crippen LogP contribution in [0.4, 0.5) is 16.4 Å². The number of nitrogens with one attached hydrogen (secondary N) is 3. The van der Waals surface area contributed by atoms with Crippen LogP contribution in [0.2, 0.25) is 0 Å². The van der Waals surface area contributed by atoms with Gasteiger partial charge in [-0.15, -0.1) is 23.1 Å². The number of anilines is 3. The Kier molecular flexibility index (Phi) is 10.7. The molecule has 3 amide bonds. The number of aliphatic carboxylic acids is 1. The quantitative estimate of drug-likeness (QED) is 0.119. The van der Waals surface area contributed by atoms with Crippen molar-refractivity contribution in [1.29, 1.82) is 0 Å². The molecule has 0 spiro atoms. The predicted octanol–water partition coefficient (Wildman–Crippen LogP) is 5.82. The van der Waals surface area contributed by atoms with Gasteiger partial charge in [0, 0.05) is 16.3 Å². The standard InChI is InChI=1S/C31H31N3O7S2/c1-3-41-31(40)25-18(2)26(28(37)32-19-10-5-4-6-11-19)43-29(25)34-24(35)17-42-21-13-9-12-20(16-21)33-27(36)22-14-7-8-15-23(22)30(38)39/h4-13,16,22-23H,3,14-15,17H2,1-2H3,(H,32,37)(H,33,36)(H,34,35)(H,38,39). The van der Waals surface area contributed by atoms with Gasteiger partial charge in [-0.3, -0.25) is 19.2 Å². The van der Waals surface area contributed by atoms with E-state index in [-0.39, 0.29) is 33.7 Å². The normalized spacial score (nSPS) is 15.8. The largest absolute Gasteiger partial charge is 0.481 e. The van der Waals surface area contributed by atoms with Crippen LogP contribution in [-0.2, 0) is 19.1 Å². The van der Waals surface area contributed by atoms with Crippen LogP contribution in [0.1, 0.15) is 45.4 Å². The summed E-state index contributed by atoms with van der Waals surface area (Å²) in [7, 11) is 0. The number of thiophene rings is 1. The molecule has 224 valence electrons. The first-order valence-electron chi connectivity index (χ1n) is 13.6. The maximum Gasteiger partial charge on any atom is 0.341 e. The zero-order valence-corrected chi connectivity index (χ0v) is 25.2. The van der Waals surface area contributed by atoms with E-state index in [0.717, 1.165) is 11.3 Å². The molecule has 12 heteroatoms. The second-order valence-electron chi connectivity index (χ2n) is 9.65. The molecule has 2 unspecified atom stereocenters. The van der Waals surface area contributed by atoms with Gasteiger partial charge in [-0.05, 0) is 62.6 Å². The Morgan fingerprint density at radius 1 is 0.930 bits per heavy atom. The first kappa shape index (κ1) is 31.5. The van der Waals surface area contributed by atoms with E-state index in [9.17, 15) is 29.1 Å². The van der Waals surface area contributed by atoms with E-state index in [4.69, 9.17) is 4.74 Å². The minimum absolute atomic E-state index is 0.0172. The molecule has 2 aromatic carbocycles. The van der Waals surface area contributed by atoms with Crippen molar-refractivity contribution in [1.82, 2.24) is 0 Å². The Balaban J connectivity index is 1.42. The number of carboxylic acid groups (broad SMARTS) is 1. The number of allylic oxidation sites excluding steroid dienone is 2. The molecule has 1 heterocycles. The van der Waals surface area contributed by atoms with Crippen molar-refractivity contribution in [2.45, 2.75) is 31.6 Å². The Hall–Kier alpha value is -4.42. The van der Waals surface area contributed by atoms with Gasteiger partial charge in [-0.25, -0.2) is 4.79 Å². The molecular formula is C31H31N3O7S2. The number of amides is 3. The van der Waals surface area contributed by atoms with Gasteiger partial charge < -0.3 is 25.8 Å². The van der Waals surface area contributed by atoms with Crippen molar-refractivity contribution in [3.05, 3.63) is 82.8 Å². The number of carboxylic acids is 1. The second-order valence-corrected chi connectivity index (χ2v) is 11.7. The summed E-state index contributed by atoms with van der Waals surface area (Å²) in [5.74, 6) is -4.30. The predicted molar refractivity (Wildman–Crippen MR) is 167 cm³/mol. The highest BCUT2D eigenvalue weighted by Gasteiger charge is 2.34. The molecule has 0 fully saturated rings. The van der Waals surface area contributed by atoms with E-state index >= 15 is 0 Å². The van der Waals surface area contributed by atoms with Crippen molar-refractivity contribution < 1.29 is 33.8 Å². The minimum atomic E-state index is -1.00. The van der Waals surface area contributed by atoms with Gasteiger partial charge in [0.2, 0.25) is 11.8 Å². The molecule has 43 heavy (non-hydrogen) atoms. The van der Waals surface area contributed by atoms with Gasteiger partial charge in [0.05, 0.1) is 34.6 Å². The third kappa shape index (κ3) is 8.11. The van der Waals surface area contributed by atoms with Gasteiger partial charge in [0.25, 0.3) is 5.91 Å². The molecule has 0 saturated heterocycles. The lowest BCUT2D eigenvalue weighted by molar-refractivity contribution is -0.146. The van der Waals surface area contributed by atoms with Crippen molar-refractivity contribution in [3.63, 3.8) is 0 Å². The number of thioether (sulfide) groups is 1. The molecule has 1 aliphatic rings. The highest BCUT2D eigenvalue weighted by Crippen LogP contribution is 2.35. The van der Waals surface area contributed by atoms with Gasteiger partial charge in [-0.2, -0.15) is 0 Å². The fourth-order valence-electron chi connectivity index (χ4n) is 4.56. The van der Waals surface area contributed by atoms with Gasteiger partial charge in [-0.1, -0.05) is 36.4 Å². The number of hydrogen-bond donors (Lipinski definition) is 4. The summed E-state index contributed by atoms with van der Waals surface area (Å²) in [6, 6.07) is 15.8. The number of carbonyl (C=O) groups excluding carboxylic acids is 4. The fourth-order valence-corrected chi connectivity index (χ4v) is 6.42. The summed E-state index contributed by atoms with van der Waals surface area (Å²) in [5.41, 5.74) is 1.62. The first-order chi connectivity index (χ1) is 20.7. The molecule has 3 aromatic rings. The number of ether oxygens (including phenoxy) is 1. The molecule has 2 atom stereocenters. The highest BCUT2D eigenvalue weighted by molar-refractivity contribution is 8.00. The maximum atomic E-state index is 13.0. The van der Waals surface area contributed by atoms with E-state index in [0.29, 0.717) is 34.7 Å². The lowest BCUT2D eigenvalue weighted by atomic mass is 9.82. The van der Waals surface area contributed by atoms with Crippen molar-refractivity contribution in [2.24, 2.45) is 11.8 Å². The summed E-state index contributed by atoms with van der Waals surface area (Å²) in [5, 5.41) is 18.0. The van der Waals surface area contributed by atoms with E-state index in [1.54, 1.807) is 68.5 Å². The van der Waals surface area contributed by atoms with Crippen molar-refractivity contribution in [2.75, 3.05) is 28.3 Å². The summed E-state index contributed by atoms with van der Waals surface area (Å²) >= 11 is 2.21. The van der Waals surface area contributed by atoms with E-state index in [2.05, 4.69) is 16.0 Å². The molecule has 0 saturated carbocycles. The Labute approximate surface area is 256 Å². The van der Waals surface area contributed by atoms with Crippen LogP contribution in [0.5, 0.6) is 0 Å². The number of esters is 1. The Morgan fingerprint density at radius 3 is 2.33 bits per heavy atom. The highest BCUT2D eigenvalue weighted by atomic mass is 32.2. The molecule has 0 aliphatic heterocycles. The van der Waals surface area contributed by atoms with Crippen LogP contribution >= 0.6 is 23.1 Å². The van der Waals surface area contributed by atoms with E-state index < -0.39 is 35.6 Å². The van der Waals surface area contributed by atoms with Crippen molar-refractivity contribution in [3.8, 4) is 0 Å². The molecule has 0 bridgehead atoms. The Bertz CT molecular complexity index is 1550. The van der Waals surface area contributed by atoms with Crippen LogP contribution < -0.4 is 16.0 Å². The molecular weight excluding hydrogens is 590 g/mol. The van der Waals surface area contributed by atoms with Crippen LogP contribution in [-0.4, -0.2) is 47.1 Å². The number of carbonyl (C=O) groups is 5. The van der Waals surface area contributed by atoms with Gasteiger partial charge in [0.15, 0.2) is 0 Å². The number of hydrogen-bond acceptors (Lipinski definition) is 8. The average Bonchev–Trinajstić information content (AvgIpc) is 3.32. The summed E-state index contributed by atoms with van der Waals surface area (Å²) < 4.78 is 5.19. The monoisotopic (exact) mass is 621 g/mol. The van der Waals surface area contributed by atoms with E-state index in [1.807, 2.05) is 12.1 Å². The minimum Gasteiger partial charge on any atom is -0.481 e. The van der Waals surface area contributed by atoms with Crippen LogP contribution in [0.25, 0.3) is 0 Å². The molecule has 1 aliphatic carbocycles. The molecule has 0 radical (unpaired) electrons. The number of benzene rings is 2. The molecule has 1 aromatic heterocycles. The topological polar surface area (TPSA) is 151 Å². The van der Waals surface area contributed by atoms with E-state index in [1.165, 1.54) is 11.8 Å². The van der Waals surface area contributed by atoms with Crippen LogP contribution in [0.3, 0.4) is 0 Å². The first-order valence-corrected chi connectivity index (χ1v) is 15.4. The maximum absolute atomic E-state index is 13.0. The smallest absolute Gasteiger partial charge is 0.341 e. The average molecular weight is 622 g/mol. The lowest BCUT2D eigenvalue weighted by Gasteiger charge is -2.24. The SMILES string of the molecule is CCOC(=O)c1c(NC(=O)CSc2cccc(NC(=O)C3CC=CCC3C(=O)O)c2)sc(C(=O)Nc2ccccc2)c1C. The zero-order valence-electron chi connectivity index (χ0n) is 23.5. The number of rotatable bonds is 11. The van der Waals surface area contributed by atoms with Crippen LogP contribution in [0.15, 0.2) is 71.6 Å². The molecule has 4 rings (SSSR count). The lowest BCUT2D eigenvalue weighted by Crippen LogP contribution is -2.34. The third-order valence-electron chi connectivity index (χ3n) is 6.68. The Morgan fingerprint density at radius 2 is 1.63 bits per heavy atom. The van der Waals surface area contributed by atoms with Gasteiger partial charge >= 0.3 is 11.9 Å². The molecule has 10 nitrogen and oxygen atoms in total. The van der Waals surface area contributed by atoms with Gasteiger partial charge in [0.1, 0.15) is 5.00 Å². The summed E-state index contributed by atoms with van der Waals surface area (Å²) in [6.07, 6.45) is 4.25. The summed E-state index contributed by atoms with van der Waals surface area (Å²) in [4.78, 5) is 64.1.